The number of unbranched alkanes of at least 4 members (excludes halogenated alkanes) is 3. The van der Waals surface area contributed by atoms with Crippen molar-refractivity contribution in [3.63, 3.8) is 0 Å². The number of H-pyrrole nitrogens is 1. The summed E-state index contributed by atoms with van der Waals surface area (Å²) in [6.45, 7) is 12.5. The van der Waals surface area contributed by atoms with Gasteiger partial charge in [0.1, 0.15) is 0 Å². The number of anilines is 2. The summed E-state index contributed by atoms with van der Waals surface area (Å²) < 4.78 is 0. The minimum atomic E-state index is -0.120. The van der Waals surface area contributed by atoms with Crippen molar-refractivity contribution in [1.82, 2.24) is 20.9 Å². The largest absolute Gasteiger partial charge is 0.378 e. The second-order valence-corrected chi connectivity index (χ2v) is 15.8. The van der Waals surface area contributed by atoms with Crippen molar-refractivity contribution in [3.8, 4) is 0 Å². The first-order chi connectivity index (χ1) is 27.0. The van der Waals surface area contributed by atoms with Gasteiger partial charge in [-0.2, -0.15) is 0 Å². The van der Waals surface area contributed by atoms with Crippen LogP contribution in [-0.4, -0.2) is 63.6 Å². The molecule has 294 valence electrons. The summed E-state index contributed by atoms with van der Waals surface area (Å²) in [6.07, 6.45) is 9.66. The van der Waals surface area contributed by atoms with Crippen molar-refractivity contribution in [2.45, 2.75) is 70.6 Å². The van der Waals surface area contributed by atoms with E-state index < -0.39 is 0 Å². The van der Waals surface area contributed by atoms with Gasteiger partial charge in [-0.3, -0.25) is 14.4 Å². The maximum Gasteiger partial charge on any atom is 0.256 e. The fraction of sp³-hybridized carbons (Fsp3) is 0.383. The van der Waals surface area contributed by atoms with E-state index in [-0.39, 0.29) is 29.3 Å². The molecule has 1 aliphatic rings. The molecule has 0 saturated heterocycles. The molecule has 5 N–H and O–H groups in total. The molecule has 5 aromatic rings. The van der Waals surface area contributed by atoms with Gasteiger partial charge >= 0.3 is 0 Å². The van der Waals surface area contributed by atoms with Gasteiger partial charge < -0.3 is 31.2 Å². The summed E-state index contributed by atoms with van der Waals surface area (Å²) in [7, 11) is 4.17. The number of aromatic amines is 1. The number of aryl methyl sites for hydroxylation is 1. The Morgan fingerprint density at radius 3 is 2.30 bits per heavy atom. The molecule has 6 rings (SSSR count). The minimum absolute atomic E-state index is 0.0882. The highest BCUT2D eigenvalue weighted by Crippen LogP contribution is 2.36. The third-order valence-electron chi connectivity index (χ3n) is 11.0. The number of nitrogens with zero attached hydrogens (tertiary/aromatic N) is 1. The first-order valence-corrected chi connectivity index (χ1v) is 20.2. The van der Waals surface area contributed by atoms with Gasteiger partial charge in [-0.05, 0) is 132 Å². The van der Waals surface area contributed by atoms with Crippen LogP contribution in [0.15, 0.2) is 77.6 Å². The Morgan fingerprint density at radius 1 is 0.750 bits per heavy atom. The molecule has 0 saturated carbocycles. The number of nitrogens with one attached hydrogen (secondary N) is 5. The molecule has 0 fully saturated rings. The molecule has 4 aromatic carbocycles. The van der Waals surface area contributed by atoms with Crippen molar-refractivity contribution >= 4 is 57.5 Å². The maximum absolute atomic E-state index is 12.5. The standard InChI is InChI=1S/C47H58N6O3/c1-32-26-41-35(28-34-18-20-37(53(4)5)30-42(34)47(41,2)3)27-33(32)14-12-23-48-24-13-17-44(54)50-25-11-7-6-10-22-49-31-45(55)51-36-19-21-43-40(29-36)38-15-8-9-16-39(38)46(56)52-43/h8-9,15-16,18-21,26-30,48-49H,1,6-7,10-14,17,22-25,31H2,2-5H3,(H,50,54)(H,51,55)(H,52,56). The monoisotopic (exact) mass is 754 g/mol. The van der Waals surface area contributed by atoms with Crippen LogP contribution < -0.4 is 42.2 Å². The van der Waals surface area contributed by atoms with E-state index in [1.54, 1.807) is 12.1 Å². The predicted octanol–water partition coefficient (Wildman–Crippen LogP) is 5.83. The van der Waals surface area contributed by atoms with E-state index in [2.05, 4.69) is 102 Å². The van der Waals surface area contributed by atoms with Crippen molar-refractivity contribution < 1.29 is 9.59 Å². The first-order valence-electron chi connectivity index (χ1n) is 20.2. The summed E-state index contributed by atoms with van der Waals surface area (Å²) >= 11 is 0. The predicted molar refractivity (Wildman–Crippen MR) is 233 cm³/mol. The number of hydrogen-bond donors (Lipinski definition) is 5. The SMILES string of the molecule is C=c1cc2c(cc1CCCNCCCC(=O)NCCCCCCNCC(=O)Nc1ccc3[nH]c(=O)c4ccccc4c3c1)=Cc1ccc(N(C)C)cc1C2(C)C. The lowest BCUT2D eigenvalue weighted by molar-refractivity contribution is -0.121. The van der Waals surface area contributed by atoms with Crippen molar-refractivity contribution in [3.05, 3.63) is 116 Å². The van der Waals surface area contributed by atoms with Crippen LogP contribution in [0.3, 0.4) is 0 Å². The van der Waals surface area contributed by atoms with Crippen LogP contribution in [0.25, 0.3) is 34.3 Å². The zero-order valence-electron chi connectivity index (χ0n) is 33.6. The summed E-state index contributed by atoms with van der Waals surface area (Å²) in [4.78, 5) is 42.3. The van der Waals surface area contributed by atoms with Crippen LogP contribution in [-0.2, 0) is 21.4 Å². The summed E-state index contributed by atoms with van der Waals surface area (Å²) in [5.74, 6) is 0.00449. The third-order valence-corrected chi connectivity index (χ3v) is 11.0. The molecule has 0 aliphatic heterocycles. The van der Waals surface area contributed by atoms with Gasteiger partial charge in [0, 0.05) is 60.1 Å². The van der Waals surface area contributed by atoms with Crippen LogP contribution >= 0.6 is 0 Å². The fourth-order valence-corrected chi connectivity index (χ4v) is 7.82. The molecule has 2 amide bonds. The van der Waals surface area contributed by atoms with E-state index in [9.17, 15) is 14.4 Å². The van der Waals surface area contributed by atoms with Crippen LogP contribution in [0.2, 0.25) is 0 Å². The Hall–Kier alpha value is -5.25. The molecule has 1 aliphatic carbocycles. The Labute approximate surface area is 330 Å². The minimum Gasteiger partial charge on any atom is -0.378 e. The Balaban J connectivity index is 0.790. The Kier molecular flexibility index (Phi) is 13.4. The van der Waals surface area contributed by atoms with Gasteiger partial charge in [-0.15, -0.1) is 0 Å². The summed E-state index contributed by atoms with van der Waals surface area (Å²) in [5.41, 5.74) is 7.74. The number of aromatic nitrogens is 1. The number of pyridine rings is 1. The lowest BCUT2D eigenvalue weighted by Crippen LogP contribution is -2.34. The van der Waals surface area contributed by atoms with Crippen LogP contribution in [0.4, 0.5) is 11.4 Å². The molecule has 0 atom stereocenters. The average Bonchev–Trinajstić information content (AvgIpc) is 3.17. The quantitative estimate of drug-likeness (QED) is 0.0535. The molecule has 1 heterocycles. The van der Waals surface area contributed by atoms with E-state index in [0.717, 1.165) is 86.1 Å². The normalized spacial score (nSPS) is 12.9. The molecule has 0 spiro atoms. The molecule has 56 heavy (non-hydrogen) atoms. The van der Waals surface area contributed by atoms with Gasteiger partial charge in [0.25, 0.3) is 5.56 Å². The second-order valence-electron chi connectivity index (χ2n) is 15.8. The van der Waals surface area contributed by atoms with E-state index in [4.69, 9.17) is 0 Å². The zero-order valence-corrected chi connectivity index (χ0v) is 33.6. The van der Waals surface area contributed by atoms with E-state index in [1.165, 1.54) is 33.2 Å². The van der Waals surface area contributed by atoms with Gasteiger partial charge in [-0.25, -0.2) is 0 Å². The fourth-order valence-electron chi connectivity index (χ4n) is 7.82. The molecule has 9 nitrogen and oxygen atoms in total. The maximum atomic E-state index is 12.5. The van der Waals surface area contributed by atoms with Crippen LogP contribution in [0.5, 0.6) is 0 Å². The average molecular weight is 755 g/mol. The molecule has 9 heteroatoms. The molecular formula is C47H58N6O3. The Bertz CT molecular complexity index is 2360. The topological polar surface area (TPSA) is 118 Å². The molecule has 1 aromatic heterocycles. The van der Waals surface area contributed by atoms with Gasteiger partial charge in [0.2, 0.25) is 11.8 Å². The highest BCUT2D eigenvalue weighted by Gasteiger charge is 2.30. The lowest BCUT2D eigenvalue weighted by atomic mass is 9.71. The van der Waals surface area contributed by atoms with Crippen LogP contribution in [0, 0.1) is 0 Å². The third kappa shape index (κ3) is 9.94. The number of fused-ring (bicyclic) bond motifs is 5. The number of carbonyl (C=O) groups is 2. The van der Waals surface area contributed by atoms with Crippen molar-refractivity contribution in [2.24, 2.45) is 0 Å². The number of rotatable bonds is 19. The smallest absolute Gasteiger partial charge is 0.256 e. The lowest BCUT2D eigenvalue weighted by Gasteiger charge is -2.33. The van der Waals surface area contributed by atoms with Crippen molar-refractivity contribution in [1.29, 1.82) is 0 Å². The molecule has 0 unspecified atom stereocenters. The molecule has 0 radical (unpaired) electrons. The van der Waals surface area contributed by atoms with Crippen molar-refractivity contribution in [2.75, 3.05) is 57.0 Å². The van der Waals surface area contributed by atoms with Gasteiger partial charge in [0.15, 0.2) is 0 Å². The number of carbonyl (C=O) groups excluding carboxylic acids is 2. The van der Waals surface area contributed by atoms with Gasteiger partial charge in [-0.1, -0.05) is 69.7 Å². The summed E-state index contributed by atoms with van der Waals surface area (Å²) in [5, 5.41) is 17.5. The Morgan fingerprint density at radius 2 is 1.50 bits per heavy atom. The first kappa shape index (κ1) is 40.4. The highest BCUT2D eigenvalue weighted by molar-refractivity contribution is 6.07. The zero-order chi connectivity index (χ0) is 39.7. The highest BCUT2D eigenvalue weighted by atomic mass is 16.2. The molecule has 0 bridgehead atoms. The number of benzene rings is 4. The number of amides is 2. The second kappa shape index (κ2) is 18.6. The van der Waals surface area contributed by atoms with Gasteiger partial charge in [0.05, 0.1) is 6.54 Å². The molecular weight excluding hydrogens is 697 g/mol. The summed E-state index contributed by atoms with van der Waals surface area (Å²) in [6, 6.07) is 24.4. The van der Waals surface area contributed by atoms with E-state index in [0.29, 0.717) is 24.0 Å². The van der Waals surface area contributed by atoms with E-state index >= 15 is 0 Å². The van der Waals surface area contributed by atoms with Crippen LogP contribution in [0.1, 0.15) is 81.0 Å². The van der Waals surface area contributed by atoms with E-state index in [1.807, 2.05) is 30.3 Å². The number of hydrogen-bond acceptors (Lipinski definition) is 6.